The van der Waals surface area contributed by atoms with E-state index >= 15 is 0 Å². The molecule has 0 bridgehead atoms. The van der Waals surface area contributed by atoms with Crippen molar-refractivity contribution in [3.8, 4) is 0 Å². The predicted molar refractivity (Wildman–Crippen MR) is 111 cm³/mol. The van der Waals surface area contributed by atoms with Crippen LogP contribution in [-0.4, -0.2) is 32.1 Å². The molecular weight excluding hydrogens is 336 g/mol. The molecular formula is C22H38N4O. The van der Waals surface area contributed by atoms with Gasteiger partial charge in [0.25, 0.3) is 0 Å². The number of H-pyrrole nitrogens is 2. The van der Waals surface area contributed by atoms with Crippen molar-refractivity contribution in [2.45, 2.75) is 91.3 Å². The minimum atomic E-state index is 0.351. The van der Waals surface area contributed by atoms with Crippen LogP contribution in [-0.2, 0) is 17.6 Å². The molecule has 2 N–H and O–H groups in total. The van der Waals surface area contributed by atoms with Crippen LogP contribution >= 0.6 is 0 Å². The summed E-state index contributed by atoms with van der Waals surface area (Å²) in [6.07, 6.45) is 17.0. The van der Waals surface area contributed by atoms with Gasteiger partial charge in [0.2, 0.25) is 0 Å². The lowest BCUT2D eigenvalue weighted by Crippen LogP contribution is -2.25. The van der Waals surface area contributed by atoms with Gasteiger partial charge < -0.3 is 14.7 Å². The Morgan fingerprint density at radius 3 is 1.56 bits per heavy atom. The Morgan fingerprint density at radius 2 is 1.22 bits per heavy atom. The number of hydrogen-bond donors (Lipinski definition) is 2. The van der Waals surface area contributed by atoms with Gasteiger partial charge in [0.05, 0.1) is 24.9 Å². The summed E-state index contributed by atoms with van der Waals surface area (Å²) in [5.41, 5.74) is 2.44. The normalized spacial score (nSPS) is 14.1. The van der Waals surface area contributed by atoms with Crippen LogP contribution in [0.2, 0.25) is 0 Å². The topological polar surface area (TPSA) is 66.6 Å². The zero-order valence-electron chi connectivity index (χ0n) is 17.6. The smallest absolute Gasteiger partial charge is 0.0921 e. The molecule has 152 valence electrons. The van der Waals surface area contributed by atoms with Crippen molar-refractivity contribution in [2.24, 2.45) is 11.8 Å². The van der Waals surface area contributed by atoms with Crippen molar-refractivity contribution in [3.05, 3.63) is 36.4 Å². The maximum atomic E-state index is 6.66. The van der Waals surface area contributed by atoms with Crippen LogP contribution < -0.4 is 0 Å². The Bertz CT molecular complexity index is 525. The molecule has 5 nitrogen and oxygen atoms in total. The van der Waals surface area contributed by atoms with Crippen LogP contribution in [0.5, 0.6) is 0 Å². The van der Waals surface area contributed by atoms with E-state index in [9.17, 15) is 0 Å². The summed E-state index contributed by atoms with van der Waals surface area (Å²) < 4.78 is 6.66. The molecule has 0 aliphatic carbocycles. The third-order valence-corrected chi connectivity index (χ3v) is 4.91. The number of rotatable bonds is 14. The number of aromatic amines is 2. The van der Waals surface area contributed by atoms with Gasteiger partial charge in [-0.1, -0.05) is 27.7 Å². The van der Waals surface area contributed by atoms with Gasteiger partial charge in [-0.25, -0.2) is 9.97 Å². The standard InChI is InChI=1S/C22H38N4O/c1-17(2)11-21(9-5-7-19-13-23-15-25-19)27-22(12-18(3)4)10-6-8-20-14-24-16-26-20/h13-18,21-22H,5-12H2,1-4H3,(H,23,25)(H,24,26). The summed E-state index contributed by atoms with van der Waals surface area (Å²) in [6.45, 7) is 9.17. The van der Waals surface area contributed by atoms with Gasteiger partial charge in [0, 0.05) is 23.8 Å². The molecule has 2 aromatic heterocycles. The second-order valence-corrected chi connectivity index (χ2v) is 8.58. The lowest BCUT2D eigenvalue weighted by Gasteiger charge is -2.27. The number of aromatic nitrogens is 4. The molecule has 0 aliphatic heterocycles. The van der Waals surface area contributed by atoms with Crippen molar-refractivity contribution in [2.75, 3.05) is 0 Å². The van der Waals surface area contributed by atoms with Gasteiger partial charge in [0.1, 0.15) is 0 Å². The third kappa shape index (κ3) is 9.23. The van der Waals surface area contributed by atoms with Gasteiger partial charge in [-0.05, 0) is 63.2 Å². The minimum absolute atomic E-state index is 0.351. The Balaban J connectivity index is 1.82. The highest BCUT2D eigenvalue weighted by molar-refractivity contribution is 4.94. The molecule has 5 heteroatoms. The van der Waals surface area contributed by atoms with Crippen molar-refractivity contribution < 1.29 is 4.74 Å². The van der Waals surface area contributed by atoms with Crippen LogP contribution in [0.25, 0.3) is 0 Å². The molecule has 2 unspecified atom stereocenters. The summed E-state index contributed by atoms with van der Waals surface area (Å²) >= 11 is 0. The Morgan fingerprint density at radius 1 is 0.778 bits per heavy atom. The quantitative estimate of drug-likeness (QED) is 0.470. The van der Waals surface area contributed by atoms with E-state index in [1.807, 2.05) is 12.4 Å². The summed E-state index contributed by atoms with van der Waals surface area (Å²) in [4.78, 5) is 14.6. The first-order chi connectivity index (χ1) is 13.0. The molecule has 0 saturated heterocycles. The van der Waals surface area contributed by atoms with Crippen molar-refractivity contribution >= 4 is 0 Å². The van der Waals surface area contributed by atoms with Gasteiger partial charge in [-0.2, -0.15) is 0 Å². The van der Waals surface area contributed by atoms with E-state index in [1.54, 1.807) is 12.7 Å². The second-order valence-electron chi connectivity index (χ2n) is 8.58. The van der Waals surface area contributed by atoms with Gasteiger partial charge >= 0.3 is 0 Å². The zero-order chi connectivity index (χ0) is 19.5. The molecule has 0 saturated carbocycles. The van der Waals surface area contributed by atoms with E-state index in [4.69, 9.17) is 4.74 Å². The Hall–Kier alpha value is -1.62. The maximum Gasteiger partial charge on any atom is 0.0921 e. The molecule has 0 aromatic carbocycles. The average molecular weight is 375 g/mol. The number of hydrogen-bond acceptors (Lipinski definition) is 3. The number of nitrogens with zero attached hydrogens (tertiary/aromatic N) is 2. The van der Waals surface area contributed by atoms with Gasteiger partial charge in [-0.3, -0.25) is 0 Å². The maximum absolute atomic E-state index is 6.66. The van der Waals surface area contributed by atoms with Crippen molar-refractivity contribution in [3.63, 3.8) is 0 Å². The average Bonchev–Trinajstić information content (AvgIpc) is 3.27. The van der Waals surface area contributed by atoms with Gasteiger partial charge in [0.15, 0.2) is 0 Å². The highest BCUT2D eigenvalue weighted by Gasteiger charge is 2.19. The number of imidazole rings is 2. The van der Waals surface area contributed by atoms with Crippen LogP contribution in [0, 0.1) is 11.8 Å². The second kappa shape index (κ2) is 12.0. The summed E-state index contributed by atoms with van der Waals surface area (Å²) in [5.74, 6) is 1.32. The fraction of sp³-hybridized carbons (Fsp3) is 0.727. The van der Waals surface area contributed by atoms with Crippen LogP contribution in [0.15, 0.2) is 25.0 Å². The SMILES string of the molecule is CC(C)CC(CCCc1cnc[nH]1)OC(CCCc1cnc[nH]1)CC(C)C. The third-order valence-electron chi connectivity index (χ3n) is 4.91. The minimum Gasteiger partial charge on any atom is -0.375 e. The monoisotopic (exact) mass is 374 g/mol. The summed E-state index contributed by atoms with van der Waals surface area (Å²) in [5, 5.41) is 0. The van der Waals surface area contributed by atoms with Crippen LogP contribution in [0.3, 0.4) is 0 Å². The lowest BCUT2D eigenvalue weighted by molar-refractivity contribution is -0.0400. The number of ether oxygens (including phenoxy) is 1. The fourth-order valence-corrected chi connectivity index (χ4v) is 3.69. The molecule has 0 radical (unpaired) electrons. The first kappa shape index (κ1) is 21.7. The lowest BCUT2D eigenvalue weighted by atomic mass is 9.98. The van der Waals surface area contributed by atoms with E-state index in [0.29, 0.717) is 24.0 Å². The fourth-order valence-electron chi connectivity index (χ4n) is 3.69. The molecule has 0 fully saturated rings. The van der Waals surface area contributed by atoms with E-state index < -0.39 is 0 Å². The van der Waals surface area contributed by atoms with Crippen LogP contribution in [0.4, 0.5) is 0 Å². The summed E-state index contributed by atoms with van der Waals surface area (Å²) in [7, 11) is 0. The highest BCUT2D eigenvalue weighted by Crippen LogP contribution is 2.22. The molecule has 2 atom stereocenters. The van der Waals surface area contributed by atoms with E-state index in [-0.39, 0.29) is 0 Å². The molecule has 2 heterocycles. The van der Waals surface area contributed by atoms with Gasteiger partial charge in [-0.15, -0.1) is 0 Å². The first-order valence-electron chi connectivity index (χ1n) is 10.6. The molecule has 0 aliphatic rings. The molecule has 27 heavy (non-hydrogen) atoms. The van der Waals surface area contributed by atoms with Crippen molar-refractivity contribution in [1.82, 2.24) is 19.9 Å². The van der Waals surface area contributed by atoms with E-state index in [2.05, 4.69) is 47.6 Å². The largest absolute Gasteiger partial charge is 0.375 e. The Kier molecular flexibility index (Phi) is 9.60. The molecule has 0 amide bonds. The Labute approximate surface area is 164 Å². The van der Waals surface area contributed by atoms with Crippen LogP contribution in [0.1, 0.15) is 77.6 Å². The predicted octanol–water partition coefficient (Wildman–Crippen LogP) is 5.32. The number of aryl methyl sites for hydroxylation is 2. The molecule has 2 rings (SSSR count). The zero-order valence-corrected chi connectivity index (χ0v) is 17.6. The summed E-state index contributed by atoms with van der Waals surface area (Å²) in [6, 6.07) is 0. The highest BCUT2D eigenvalue weighted by atomic mass is 16.5. The first-order valence-corrected chi connectivity index (χ1v) is 10.6. The number of nitrogens with one attached hydrogen (secondary N) is 2. The van der Waals surface area contributed by atoms with E-state index in [0.717, 1.165) is 51.4 Å². The molecule has 0 spiro atoms. The molecule has 2 aromatic rings. The van der Waals surface area contributed by atoms with Crippen molar-refractivity contribution in [1.29, 1.82) is 0 Å². The van der Waals surface area contributed by atoms with E-state index in [1.165, 1.54) is 11.4 Å².